The first-order valence-electron chi connectivity index (χ1n) is 8.81. The Hall–Kier alpha value is -2.08. The average Bonchev–Trinajstić information content (AvgIpc) is 3.19. The van der Waals surface area contributed by atoms with Crippen LogP contribution in [0.15, 0.2) is 40.3 Å². The second kappa shape index (κ2) is 6.67. The van der Waals surface area contributed by atoms with E-state index in [1.54, 1.807) is 22.4 Å². The van der Waals surface area contributed by atoms with Gasteiger partial charge in [-0.2, -0.15) is 0 Å². The molecule has 2 aliphatic heterocycles. The first-order chi connectivity index (χ1) is 12.2. The van der Waals surface area contributed by atoms with E-state index in [1.165, 1.54) is 5.56 Å². The Morgan fingerprint density at radius 2 is 2.20 bits per heavy atom. The van der Waals surface area contributed by atoms with Crippen LogP contribution in [0.4, 0.5) is 5.69 Å². The molecule has 1 amide bonds. The summed E-state index contributed by atoms with van der Waals surface area (Å²) in [5, 5.41) is 0.760. The van der Waals surface area contributed by atoms with E-state index in [0.717, 1.165) is 48.1 Å². The van der Waals surface area contributed by atoms with Gasteiger partial charge in [-0.3, -0.25) is 14.2 Å². The number of hydrogen-bond donors (Lipinski definition) is 0. The van der Waals surface area contributed by atoms with E-state index < -0.39 is 0 Å². The number of nitrogens with zero attached hydrogens (tertiary/aromatic N) is 3. The van der Waals surface area contributed by atoms with Gasteiger partial charge < -0.3 is 4.90 Å². The first kappa shape index (κ1) is 16.4. The Labute approximate surface area is 151 Å². The largest absolute Gasteiger partial charge is 0.312 e. The van der Waals surface area contributed by atoms with Crippen molar-refractivity contribution in [1.82, 2.24) is 9.55 Å². The van der Waals surface area contributed by atoms with Crippen LogP contribution < -0.4 is 10.5 Å². The lowest BCUT2D eigenvalue weighted by Gasteiger charge is -2.20. The van der Waals surface area contributed by atoms with Crippen molar-refractivity contribution in [2.24, 2.45) is 0 Å². The number of carbonyl (C=O) groups is 1. The van der Waals surface area contributed by atoms with Gasteiger partial charge in [-0.1, -0.05) is 43.3 Å². The Bertz CT molecular complexity index is 877. The van der Waals surface area contributed by atoms with Crippen molar-refractivity contribution in [2.45, 2.75) is 43.8 Å². The summed E-state index contributed by atoms with van der Waals surface area (Å²) in [5.41, 5.74) is 3.06. The fourth-order valence-electron chi connectivity index (χ4n) is 3.64. The number of carbonyl (C=O) groups excluding carboxylic acids is 1. The molecule has 1 aromatic heterocycles. The standard InChI is InChI=1S/C19H21N3O2S/c1-2-5-14-10-18(24)22-15(12-25-19(22)20-14)11-17(23)21-9-8-13-6-3-4-7-16(13)21/h3-4,6-7,10,15H,2,5,8-9,11-12H2,1H3. The van der Waals surface area contributed by atoms with E-state index in [1.807, 2.05) is 23.1 Å². The number of anilines is 1. The van der Waals surface area contributed by atoms with E-state index in [4.69, 9.17) is 0 Å². The van der Waals surface area contributed by atoms with Gasteiger partial charge in [0.25, 0.3) is 5.56 Å². The molecule has 3 heterocycles. The zero-order valence-corrected chi connectivity index (χ0v) is 15.1. The van der Waals surface area contributed by atoms with Gasteiger partial charge in [0, 0.05) is 36.2 Å². The van der Waals surface area contributed by atoms with Crippen LogP contribution in [0.1, 0.15) is 37.1 Å². The molecule has 0 aliphatic carbocycles. The minimum absolute atomic E-state index is 0.0296. The summed E-state index contributed by atoms with van der Waals surface area (Å²) < 4.78 is 1.71. The lowest BCUT2D eigenvalue weighted by Crippen LogP contribution is -2.33. The van der Waals surface area contributed by atoms with E-state index >= 15 is 0 Å². The molecule has 0 radical (unpaired) electrons. The molecule has 1 unspecified atom stereocenters. The third kappa shape index (κ3) is 2.99. The van der Waals surface area contributed by atoms with Crippen LogP contribution in [0.3, 0.4) is 0 Å². The first-order valence-corrected chi connectivity index (χ1v) is 9.79. The summed E-state index contributed by atoms with van der Waals surface area (Å²) >= 11 is 1.58. The third-order valence-electron chi connectivity index (χ3n) is 4.85. The molecule has 0 saturated heterocycles. The molecular weight excluding hydrogens is 334 g/mol. The Kier molecular flexibility index (Phi) is 4.37. The minimum Gasteiger partial charge on any atom is -0.312 e. The number of thioether (sulfide) groups is 1. The highest BCUT2D eigenvalue weighted by Gasteiger charge is 2.31. The van der Waals surface area contributed by atoms with Crippen molar-refractivity contribution >= 4 is 23.4 Å². The molecule has 25 heavy (non-hydrogen) atoms. The Morgan fingerprint density at radius 3 is 3.04 bits per heavy atom. The van der Waals surface area contributed by atoms with Gasteiger partial charge in [-0.05, 0) is 24.5 Å². The fourth-order valence-corrected chi connectivity index (χ4v) is 4.81. The van der Waals surface area contributed by atoms with Gasteiger partial charge in [0.1, 0.15) is 0 Å². The number of aromatic nitrogens is 2. The van der Waals surface area contributed by atoms with Gasteiger partial charge in [0.2, 0.25) is 5.91 Å². The molecular formula is C19H21N3O2S. The third-order valence-corrected chi connectivity index (χ3v) is 5.95. The minimum atomic E-state index is -0.101. The van der Waals surface area contributed by atoms with Crippen LogP contribution in [-0.4, -0.2) is 27.8 Å². The SMILES string of the molecule is CCCc1cc(=O)n2c(n1)SCC2CC(=O)N1CCc2ccccc21. The van der Waals surface area contributed by atoms with E-state index in [0.29, 0.717) is 6.42 Å². The predicted octanol–water partition coefficient (Wildman–Crippen LogP) is 2.82. The molecule has 2 aliphatic rings. The maximum atomic E-state index is 12.8. The Morgan fingerprint density at radius 1 is 1.36 bits per heavy atom. The monoisotopic (exact) mass is 355 g/mol. The van der Waals surface area contributed by atoms with Crippen LogP contribution in [0.5, 0.6) is 0 Å². The van der Waals surface area contributed by atoms with Gasteiger partial charge in [0.15, 0.2) is 5.16 Å². The predicted molar refractivity (Wildman–Crippen MR) is 99.4 cm³/mol. The molecule has 5 nitrogen and oxygen atoms in total. The maximum absolute atomic E-state index is 12.8. The fraction of sp³-hybridized carbons (Fsp3) is 0.421. The topological polar surface area (TPSA) is 55.2 Å². The van der Waals surface area contributed by atoms with Crippen LogP contribution in [0, 0.1) is 0 Å². The molecule has 1 aromatic carbocycles. The molecule has 0 saturated carbocycles. The lowest BCUT2D eigenvalue weighted by molar-refractivity contribution is -0.119. The van der Waals surface area contributed by atoms with Gasteiger partial charge in [-0.15, -0.1) is 0 Å². The quantitative estimate of drug-likeness (QED) is 0.792. The van der Waals surface area contributed by atoms with Crippen LogP contribution >= 0.6 is 11.8 Å². The highest BCUT2D eigenvalue weighted by Crippen LogP contribution is 2.34. The maximum Gasteiger partial charge on any atom is 0.254 e. The normalized spacial score (nSPS) is 18.3. The average molecular weight is 355 g/mol. The number of benzene rings is 1. The van der Waals surface area contributed by atoms with Crippen molar-refractivity contribution in [2.75, 3.05) is 17.2 Å². The smallest absolute Gasteiger partial charge is 0.254 e. The number of hydrogen-bond acceptors (Lipinski definition) is 4. The summed E-state index contributed by atoms with van der Waals surface area (Å²) in [6, 6.07) is 9.58. The summed E-state index contributed by atoms with van der Waals surface area (Å²) in [7, 11) is 0. The zero-order valence-electron chi connectivity index (χ0n) is 14.3. The number of amides is 1. The second-order valence-electron chi connectivity index (χ2n) is 6.58. The summed E-state index contributed by atoms with van der Waals surface area (Å²) in [4.78, 5) is 31.8. The van der Waals surface area contributed by atoms with Crippen molar-refractivity contribution < 1.29 is 4.79 Å². The van der Waals surface area contributed by atoms with Gasteiger partial charge in [0.05, 0.1) is 6.04 Å². The molecule has 0 bridgehead atoms. The van der Waals surface area contributed by atoms with E-state index in [9.17, 15) is 9.59 Å². The molecule has 1 atom stereocenters. The molecule has 4 rings (SSSR count). The van der Waals surface area contributed by atoms with Crippen LogP contribution in [0.2, 0.25) is 0 Å². The number of para-hydroxylation sites is 1. The summed E-state index contributed by atoms with van der Waals surface area (Å²) in [6.45, 7) is 2.81. The van der Waals surface area contributed by atoms with E-state index in [2.05, 4.69) is 18.0 Å². The van der Waals surface area contributed by atoms with Crippen molar-refractivity contribution in [3.8, 4) is 0 Å². The summed E-state index contributed by atoms with van der Waals surface area (Å²) in [5.74, 6) is 0.826. The van der Waals surface area contributed by atoms with Crippen molar-refractivity contribution in [3.63, 3.8) is 0 Å². The van der Waals surface area contributed by atoms with Crippen molar-refractivity contribution in [1.29, 1.82) is 0 Å². The molecule has 0 fully saturated rings. The highest BCUT2D eigenvalue weighted by molar-refractivity contribution is 7.99. The Balaban J connectivity index is 1.54. The molecule has 0 N–H and O–H groups in total. The summed E-state index contributed by atoms with van der Waals surface area (Å²) in [6.07, 6.45) is 3.04. The molecule has 0 spiro atoms. The molecule has 2 aromatic rings. The zero-order chi connectivity index (χ0) is 17.4. The van der Waals surface area contributed by atoms with Crippen molar-refractivity contribution in [3.05, 3.63) is 51.9 Å². The second-order valence-corrected chi connectivity index (χ2v) is 7.57. The highest BCUT2D eigenvalue weighted by atomic mass is 32.2. The van der Waals surface area contributed by atoms with Gasteiger partial charge in [-0.25, -0.2) is 4.98 Å². The van der Waals surface area contributed by atoms with E-state index in [-0.39, 0.29) is 17.5 Å². The number of aryl methyl sites for hydroxylation is 1. The number of rotatable bonds is 4. The molecule has 130 valence electrons. The molecule has 6 heteroatoms. The lowest BCUT2D eigenvalue weighted by atomic mass is 10.1. The number of fused-ring (bicyclic) bond motifs is 2. The van der Waals surface area contributed by atoms with Crippen LogP contribution in [0.25, 0.3) is 0 Å². The van der Waals surface area contributed by atoms with Gasteiger partial charge >= 0.3 is 0 Å². The van der Waals surface area contributed by atoms with Crippen LogP contribution in [-0.2, 0) is 17.6 Å².